The van der Waals surface area contributed by atoms with E-state index in [9.17, 15) is 4.79 Å². The predicted octanol–water partition coefficient (Wildman–Crippen LogP) is 3.41. The van der Waals surface area contributed by atoms with Crippen molar-refractivity contribution in [3.05, 3.63) is 36.2 Å². The zero-order valence-corrected chi connectivity index (χ0v) is 16.7. The summed E-state index contributed by atoms with van der Waals surface area (Å²) in [6.07, 6.45) is 7.74. The maximum atomic E-state index is 11.8. The second kappa shape index (κ2) is 8.79. The van der Waals surface area contributed by atoms with Gasteiger partial charge in [-0.15, -0.1) is 0 Å². The fraction of sp³-hybridized carbons (Fsp3) is 0.450. The van der Waals surface area contributed by atoms with Crippen LogP contribution in [0.4, 0.5) is 17.3 Å². The number of nitrogens with zero attached hydrogens (tertiary/aromatic N) is 4. The van der Waals surface area contributed by atoms with E-state index in [0.29, 0.717) is 5.82 Å². The van der Waals surface area contributed by atoms with Crippen LogP contribution in [0.3, 0.4) is 0 Å². The molecular formula is C20H26N6OS. The van der Waals surface area contributed by atoms with Gasteiger partial charge in [-0.3, -0.25) is 4.79 Å². The number of nitrogens with two attached hydrogens (primary N) is 1. The lowest BCUT2D eigenvalue weighted by molar-refractivity contribution is 0.0996. The highest BCUT2D eigenvalue weighted by Gasteiger charge is 2.18. The van der Waals surface area contributed by atoms with Crippen molar-refractivity contribution in [1.82, 2.24) is 14.3 Å². The van der Waals surface area contributed by atoms with Crippen LogP contribution in [0.2, 0.25) is 0 Å². The van der Waals surface area contributed by atoms with E-state index < -0.39 is 5.91 Å². The van der Waals surface area contributed by atoms with E-state index in [1.54, 1.807) is 18.1 Å². The Bertz CT molecular complexity index is 816. The maximum absolute atomic E-state index is 11.8. The van der Waals surface area contributed by atoms with Gasteiger partial charge in [0.1, 0.15) is 5.82 Å². The predicted molar refractivity (Wildman–Crippen MR) is 113 cm³/mol. The number of amides is 1. The van der Waals surface area contributed by atoms with Crippen molar-refractivity contribution in [2.45, 2.75) is 37.0 Å². The Labute approximate surface area is 169 Å². The topological polar surface area (TPSA) is 87.4 Å². The minimum Gasteiger partial charge on any atom is -0.364 e. The van der Waals surface area contributed by atoms with Gasteiger partial charge < -0.3 is 16.0 Å². The Balaban J connectivity index is 1.51. The number of carbonyl (C=O) groups is 1. The van der Waals surface area contributed by atoms with E-state index in [1.807, 2.05) is 12.1 Å². The standard InChI is InChI=1S/C20H26N6OS/c21-19(27)18-20(24-17(14-22-18)25-10-2-1-3-11-25)23-15-6-8-16(9-7-15)28-26-12-4-5-13-26/h6-9,14H,1-5,10-13H2,(H2,21,27)(H,23,24). The molecule has 2 fully saturated rings. The summed E-state index contributed by atoms with van der Waals surface area (Å²) < 4.78 is 2.39. The third-order valence-electron chi connectivity index (χ3n) is 5.09. The van der Waals surface area contributed by atoms with Crippen LogP contribution in [0.1, 0.15) is 42.6 Å². The Kier molecular flexibility index (Phi) is 5.97. The number of primary amides is 1. The van der Waals surface area contributed by atoms with Crippen molar-refractivity contribution < 1.29 is 4.79 Å². The van der Waals surface area contributed by atoms with Crippen LogP contribution in [0, 0.1) is 0 Å². The van der Waals surface area contributed by atoms with Crippen LogP contribution in [-0.4, -0.2) is 46.4 Å². The molecule has 1 aromatic heterocycles. The van der Waals surface area contributed by atoms with Crippen LogP contribution in [-0.2, 0) is 0 Å². The number of aromatic nitrogens is 2. The zero-order valence-electron chi connectivity index (χ0n) is 15.9. The molecular weight excluding hydrogens is 372 g/mol. The van der Waals surface area contributed by atoms with E-state index in [-0.39, 0.29) is 5.69 Å². The normalized spacial score (nSPS) is 17.6. The van der Waals surface area contributed by atoms with Crippen molar-refractivity contribution in [1.29, 1.82) is 0 Å². The number of hydrogen-bond acceptors (Lipinski definition) is 7. The first kappa shape index (κ1) is 19.0. The van der Waals surface area contributed by atoms with Crippen LogP contribution < -0.4 is 16.0 Å². The van der Waals surface area contributed by atoms with Gasteiger partial charge in [-0.25, -0.2) is 14.3 Å². The van der Waals surface area contributed by atoms with Gasteiger partial charge in [0.05, 0.1) is 6.20 Å². The quantitative estimate of drug-likeness (QED) is 0.721. The lowest BCUT2D eigenvalue weighted by atomic mass is 10.1. The number of piperidine rings is 1. The molecule has 2 saturated heterocycles. The summed E-state index contributed by atoms with van der Waals surface area (Å²) in [5.74, 6) is 0.616. The van der Waals surface area contributed by atoms with Gasteiger partial charge in [-0.2, -0.15) is 0 Å². The molecule has 0 spiro atoms. The molecule has 1 amide bonds. The Hall–Kier alpha value is -2.32. The highest BCUT2D eigenvalue weighted by atomic mass is 32.2. The van der Waals surface area contributed by atoms with Gasteiger partial charge in [-0.1, -0.05) is 0 Å². The molecule has 2 aliphatic rings. The first-order valence-electron chi connectivity index (χ1n) is 9.91. The largest absolute Gasteiger partial charge is 0.364 e. The lowest BCUT2D eigenvalue weighted by Gasteiger charge is -2.27. The van der Waals surface area contributed by atoms with Gasteiger partial charge in [-0.05, 0) is 68.3 Å². The molecule has 1 aromatic carbocycles. The highest BCUT2D eigenvalue weighted by Crippen LogP contribution is 2.29. The first-order chi connectivity index (χ1) is 13.7. The number of hydrogen-bond donors (Lipinski definition) is 2. The van der Waals surface area contributed by atoms with Crippen LogP contribution in [0.25, 0.3) is 0 Å². The summed E-state index contributed by atoms with van der Waals surface area (Å²) in [7, 11) is 0. The zero-order chi connectivity index (χ0) is 19.3. The van der Waals surface area contributed by atoms with Gasteiger partial charge in [0.25, 0.3) is 5.91 Å². The van der Waals surface area contributed by atoms with Gasteiger partial charge in [0.15, 0.2) is 11.5 Å². The van der Waals surface area contributed by atoms with Gasteiger partial charge in [0, 0.05) is 36.8 Å². The molecule has 0 saturated carbocycles. The molecule has 2 aromatic rings. The second-order valence-electron chi connectivity index (χ2n) is 7.21. The summed E-state index contributed by atoms with van der Waals surface area (Å²) in [4.78, 5) is 24.2. The summed E-state index contributed by atoms with van der Waals surface area (Å²) in [6.45, 7) is 4.22. The van der Waals surface area contributed by atoms with Crippen molar-refractivity contribution in [3.63, 3.8) is 0 Å². The van der Waals surface area contributed by atoms with Gasteiger partial charge in [0.2, 0.25) is 0 Å². The fourth-order valence-corrected chi connectivity index (χ4v) is 4.58. The molecule has 0 radical (unpaired) electrons. The molecule has 2 aliphatic heterocycles. The fourth-order valence-electron chi connectivity index (χ4n) is 3.59. The van der Waals surface area contributed by atoms with E-state index in [0.717, 1.165) is 50.5 Å². The van der Waals surface area contributed by atoms with E-state index >= 15 is 0 Å². The number of benzene rings is 1. The van der Waals surface area contributed by atoms with Gasteiger partial charge >= 0.3 is 0 Å². The summed E-state index contributed by atoms with van der Waals surface area (Å²) in [5.41, 5.74) is 6.53. The minimum absolute atomic E-state index is 0.163. The molecule has 28 heavy (non-hydrogen) atoms. The summed E-state index contributed by atoms with van der Waals surface area (Å²) in [6, 6.07) is 8.16. The number of rotatable bonds is 6. The van der Waals surface area contributed by atoms with E-state index in [4.69, 9.17) is 5.73 Å². The Morgan fingerprint density at radius 1 is 1.00 bits per heavy atom. The monoisotopic (exact) mass is 398 g/mol. The molecule has 0 atom stereocenters. The Morgan fingerprint density at radius 2 is 1.68 bits per heavy atom. The first-order valence-corrected chi connectivity index (χ1v) is 10.7. The average Bonchev–Trinajstić information content (AvgIpc) is 3.23. The van der Waals surface area contributed by atoms with Crippen LogP contribution in [0.5, 0.6) is 0 Å². The SMILES string of the molecule is NC(=O)c1ncc(N2CCCCC2)nc1Nc1ccc(SN2CCCC2)cc1. The molecule has 4 rings (SSSR count). The van der Waals surface area contributed by atoms with Crippen LogP contribution >= 0.6 is 11.9 Å². The molecule has 3 heterocycles. The minimum atomic E-state index is -0.582. The molecule has 0 unspecified atom stereocenters. The molecule has 7 nitrogen and oxygen atoms in total. The highest BCUT2D eigenvalue weighted by molar-refractivity contribution is 7.97. The third-order valence-corrected chi connectivity index (χ3v) is 6.20. The third kappa shape index (κ3) is 4.56. The van der Waals surface area contributed by atoms with Crippen LogP contribution in [0.15, 0.2) is 35.4 Å². The molecule has 0 bridgehead atoms. The number of anilines is 3. The molecule has 0 aliphatic carbocycles. The van der Waals surface area contributed by atoms with Crippen molar-refractivity contribution >= 4 is 35.2 Å². The van der Waals surface area contributed by atoms with Crippen molar-refractivity contribution in [2.24, 2.45) is 5.73 Å². The molecule has 148 valence electrons. The smallest absolute Gasteiger partial charge is 0.271 e. The summed E-state index contributed by atoms with van der Waals surface area (Å²) >= 11 is 1.79. The van der Waals surface area contributed by atoms with E-state index in [2.05, 4.69) is 36.6 Å². The maximum Gasteiger partial charge on any atom is 0.271 e. The average molecular weight is 399 g/mol. The lowest BCUT2D eigenvalue weighted by Crippen LogP contribution is -2.30. The Morgan fingerprint density at radius 3 is 2.36 bits per heavy atom. The second-order valence-corrected chi connectivity index (χ2v) is 8.38. The number of carbonyl (C=O) groups excluding carboxylic acids is 1. The van der Waals surface area contributed by atoms with Crippen molar-refractivity contribution in [2.75, 3.05) is 36.4 Å². The molecule has 8 heteroatoms. The summed E-state index contributed by atoms with van der Waals surface area (Å²) in [5, 5.41) is 3.23. The van der Waals surface area contributed by atoms with Crippen molar-refractivity contribution in [3.8, 4) is 0 Å². The number of nitrogens with one attached hydrogen (secondary N) is 1. The van der Waals surface area contributed by atoms with E-state index in [1.165, 1.54) is 24.2 Å². The molecule has 3 N–H and O–H groups in total.